The second-order valence-electron chi connectivity index (χ2n) is 7.34. The number of nitrogens with zero attached hydrogens (tertiary/aromatic N) is 1. The maximum absolute atomic E-state index is 12.0. The molecule has 0 atom stereocenters. The molecule has 102 valence electrons. The van der Waals surface area contributed by atoms with Crippen LogP contribution in [-0.4, -0.2) is 4.57 Å². The summed E-state index contributed by atoms with van der Waals surface area (Å²) < 4.78 is 1.89. The molecular formula is C16H22N2O. The zero-order chi connectivity index (χ0) is 13.0. The minimum Gasteiger partial charge on any atom is -0.399 e. The monoisotopic (exact) mass is 258 g/mol. The van der Waals surface area contributed by atoms with Gasteiger partial charge in [0, 0.05) is 24.5 Å². The van der Waals surface area contributed by atoms with Crippen LogP contribution < -0.4 is 11.3 Å². The third-order valence-corrected chi connectivity index (χ3v) is 5.69. The Morgan fingerprint density at radius 2 is 1.74 bits per heavy atom. The van der Waals surface area contributed by atoms with Gasteiger partial charge < -0.3 is 10.3 Å². The summed E-state index contributed by atoms with van der Waals surface area (Å²) in [6.07, 6.45) is 10.3. The lowest BCUT2D eigenvalue weighted by Gasteiger charge is -2.57. The Kier molecular flexibility index (Phi) is 2.36. The molecular weight excluding hydrogens is 236 g/mol. The molecule has 0 saturated heterocycles. The molecule has 0 spiro atoms. The molecule has 4 fully saturated rings. The number of anilines is 1. The largest absolute Gasteiger partial charge is 0.399 e. The van der Waals surface area contributed by atoms with Gasteiger partial charge in [-0.1, -0.05) is 0 Å². The van der Waals surface area contributed by atoms with E-state index in [4.69, 9.17) is 5.73 Å². The molecule has 4 saturated carbocycles. The van der Waals surface area contributed by atoms with Crippen LogP contribution in [0.25, 0.3) is 0 Å². The van der Waals surface area contributed by atoms with Crippen molar-refractivity contribution in [2.24, 2.45) is 23.2 Å². The molecule has 3 heteroatoms. The smallest absolute Gasteiger partial charge is 0.252 e. The Morgan fingerprint density at radius 1 is 1.16 bits per heavy atom. The number of hydrogen-bond acceptors (Lipinski definition) is 2. The van der Waals surface area contributed by atoms with Crippen LogP contribution >= 0.6 is 0 Å². The molecule has 1 heterocycles. The summed E-state index contributed by atoms with van der Waals surface area (Å²) in [6, 6.07) is 3.41. The molecule has 5 rings (SSSR count). The maximum atomic E-state index is 12.0. The van der Waals surface area contributed by atoms with E-state index in [0.29, 0.717) is 11.1 Å². The molecule has 0 aromatic carbocycles. The Hall–Kier alpha value is -1.25. The lowest BCUT2D eigenvalue weighted by atomic mass is 9.49. The molecule has 4 bridgehead atoms. The number of pyridine rings is 1. The molecule has 0 aliphatic heterocycles. The predicted molar refractivity (Wildman–Crippen MR) is 75.7 cm³/mol. The number of rotatable bonds is 2. The zero-order valence-electron chi connectivity index (χ0n) is 11.3. The number of nitrogen functional groups attached to an aromatic ring is 1. The fraction of sp³-hybridized carbons (Fsp3) is 0.688. The van der Waals surface area contributed by atoms with Gasteiger partial charge in [-0.25, -0.2) is 0 Å². The highest BCUT2D eigenvalue weighted by Crippen LogP contribution is 2.60. The summed E-state index contributed by atoms with van der Waals surface area (Å²) in [6.45, 7) is 0.912. The Labute approximate surface area is 113 Å². The summed E-state index contributed by atoms with van der Waals surface area (Å²) in [7, 11) is 0. The van der Waals surface area contributed by atoms with Gasteiger partial charge in [-0.15, -0.1) is 0 Å². The third kappa shape index (κ3) is 1.90. The van der Waals surface area contributed by atoms with Crippen molar-refractivity contribution in [1.82, 2.24) is 4.57 Å². The SMILES string of the molecule is Nc1ccn(CC23CC4CC(CC(C4)C2)C3)c(=O)c1. The van der Waals surface area contributed by atoms with Crippen LogP contribution in [0.2, 0.25) is 0 Å². The lowest BCUT2D eigenvalue weighted by molar-refractivity contribution is -0.0623. The second kappa shape index (κ2) is 3.87. The molecule has 1 aromatic heterocycles. The second-order valence-corrected chi connectivity index (χ2v) is 7.34. The predicted octanol–water partition coefficient (Wildman–Crippen LogP) is 2.65. The number of nitrogens with two attached hydrogens (primary N) is 1. The van der Waals surface area contributed by atoms with Crippen LogP contribution in [-0.2, 0) is 6.54 Å². The standard InChI is InChI=1S/C16H22N2O/c17-14-1-2-18(15(19)6-14)10-16-7-11-3-12(8-16)5-13(4-11)9-16/h1-2,6,11-13H,3-5,7-10,17H2. The molecule has 0 amide bonds. The van der Waals surface area contributed by atoms with Crippen molar-refractivity contribution < 1.29 is 0 Å². The Morgan fingerprint density at radius 3 is 2.26 bits per heavy atom. The molecule has 3 nitrogen and oxygen atoms in total. The first kappa shape index (κ1) is 11.6. The van der Waals surface area contributed by atoms with E-state index < -0.39 is 0 Å². The average Bonchev–Trinajstić information content (AvgIpc) is 2.31. The molecule has 19 heavy (non-hydrogen) atoms. The third-order valence-electron chi connectivity index (χ3n) is 5.69. The minimum absolute atomic E-state index is 0.0655. The highest BCUT2D eigenvalue weighted by Gasteiger charge is 2.50. The van der Waals surface area contributed by atoms with Gasteiger partial charge in [0.05, 0.1) is 0 Å². The summed E-state index contributed by atoms with van der Waals surface area (Å²) in [5, 5.41) is 0. The van der Waals surface area contributed by atoms with E-state index in [9.17, 15) is 4.79 Å². The first-order valence-corrected chi connectivity index (χ1v) is 7.58. The molecule has 0 radical (unpaired) electrons. The first-order valence-electron chi connectivity index (χ1n) is 7.58. The first-order chi connectivity index (χ1) is 9.12. The molecule has 4 aliphatic carbocycles. The van der Waals surface area contributed by atoms with Gasteiger partial charge in [0.15, 0.2) is 0 Å². The van der Waals surface area contributed by atoms with Gasteiger partial charge >= 0.3 is 0 Å². The van der Waals surface area contributed by atoms with Crippen LogP contribution in [0.3, 0.4) is 0 Å². The van der Waals surface area contributed by atoms with Crippen molar-refractivity contribution in [3.05, 3.63) is 28.7 Å². The van der Waals surface area contributed by atoms with E-state index in [1.807, 2.05) is 16.8 Å². The van der Waals surface area contributed by atoms with Crippen molar-refractivity contribution in [3.8, 4) is 0 Å². The van der Waals surface area contributed by atoms with Gasteiger partial charge in [-0.05, 0) is 67.8 Å². The van der Waals surface area contributed by atoms with Gasteiger partial charge in [0.25, 0.3) is 5.56 Å². The minimum atomic E-state index is 0.0655. The number of hydrogen-bond donors (Lipinski definition) is 1. The fourth-order valence-electron chi connectivity index (χ4n) is 5.50. The van der Waals surface area contributed by atoms with E-state index >= 15 is 0 Å². The van der Waals surface area contributed by atoms with E-state index in [-0.39, 0.29) is 5.56 Å². The van der Waals surface area contributed by atoms with E-state index in [2.05, 4.69) is 0 Å². The molecule has 4 aliphatic rings. The van der Waals surface area contributed by atoms with E-state index in [1.165, 1.54) is 38.5 Å². The summed E-state index contributed by atoms with van der Waals surface area (Å²) in [5.41, 5.74) is 6.73. The van der Waals surface area contributed by atoms with Crippen LogP contribution in [0, 0.1) is 23.2 Å². The maximum Gasteiger partial charge on any atom is 0.252 e. The van der Waals surface area contributed by atoms with Crippen molar-refractivity contribution in [2.75, 3.05) is 5.73 Å². The molecule has 2 N–H and O–H groups in total. The molecule has 0 unspecified atom stereocenters. The summed E-state index contributed by atoms with van der Waals surface area (Å²) >= 11 is 0. The van der Waals surface area contributed by atoms with Crippen molar-refractivity contribution in [3.63, 3.8) is 0 Å². The van der Waals surface area contributed by atoms with Gasteiger partial charge in [-0.3, -0.25) is 4.79 Å². The Balaban J connectivity index is 1.64. The Bertz CT molecular complexity index is 525. The average molecular weight is 258 g/mol. The number of aromatic nitrogens is 1. The van der Waals surface area contributed by atoms with E-state index in [0.717, 1.165) is 24.3 Å². The topological polar surface area (TPSA) is 48.0 Å². The van der Waals surface area contributed by atoms with Crippen molar-refractivity contribution in [1.29, 1.82) is 0 Å². The van der Waals surface area contributed by atoms with E-state index in [1.54, 1.807) is 6.07 Å². The highest BCUT2D eigenvalue weighted by molar-refractivity contribution is 5.34. The lowest BCUT2D eigenvalue weighted by Crippen LogP contribution is -2.48. The van der Waals surface area contributed by atoms with Crippen LogP contribution in [0.15, 0.2) is 23.1 Å². The summed E-state index contributed by atoms with van der Waals surface area (Å²) in [4.78, 5) is 12.0. The van der Waals surface area contributed by atoms with Gasteiger partial charge in [0.1, 0.15) is 0 Å². The van der Waals surface area contributed by atoms with Crippen molar-refractivity contribution in [2.45, 2.75) is 45.1 Å². The summed E-state index contributed by atoms with van der Waals surface area (Å²) in [5.74, 6) is 2.82. The molecule has 1 aromatic rings. The normalized spacial score (nSPS) is 39.7. The van der Waals surface area contributed by atoms with Crippen LogP contribution in [0.4, 0.5) is 5.69 Å². The van der Waals surface area contributed by atoms with Crippen LogP contribution in [0.5, 0.6) is 0 Å². The highest BCUT2D eigenvalue weighted by atomic mass is 16.1. The van der Waals surface area contributed by atoms with Gasteiger partial charge in [0.2, 0.25) is 0 Å². The quantitative estimate of drug-likeness (QED) is 0.886. The van der Waals surface area contributed by atoms with Gasteiger partial charge in [-0.2, -0.15) is 0 Å². The fourth-order valence-corrected chi connectivity index (χ4v) is 5.50. The van der Waals surface area contributed by atoms with Crippen LogP contribution in [0.1, 0.15) is 38.5 Å². The zero-order valence-corrected chi connectivity index (χ0v) is 11.3. The van der Waals surface area contributed by atoms with Crippen molar-refractivity contribution >= 4 is 5.69 Å².